The number of amides is 1. The molecule has 0 aliphatic carbocycles. The van der Waals surface area contributed by atoms with E-state index >= 15 is 0 Å². The number of carbonyl (C=O) groups is 1. The van der Waals surface area contributed by atoms with Crippen LogP contribution in [-0.2, 0) is 11.2 Å². The zero-order chi connectivity index (χ0) is 17.8. The van der Waals surface area contributed by atoms with Gasteiger partial charge in [0, 0.05) is 10.9 Å². The maximum Gasteiger partial charge on any atom is 0.230 e. The van der Waals surface area contributed by atoms with Gasteiger partial charge in [-0.2, -0.15) is 0 Å². The molecule has 128 valence electrons. The molecular formula is C19H17FN2O2S. The first kappa shape index (κ1) is 17.1. The number of benzene rings is 2. The van der Waals surface area contributed by atoms with Crippen LogP contribution < -0.4 is 10.1 Å². The molecule has 3 aromatic rings. The third-order valence-corrected chi connectivity index (χ3v) is 4.45. The van der Waals surface area contributed by atoms with Crippen molar-refractivity contribution in [3.8, 4) is 17.0 Å². The Labute approximate surface area is 149 Å². The van der Waals surface area contributed by atoms with Crippen LogP contribution in [0.4, 0.5) is 9.52 Å². The van der Waals surface area contributed by atoms with Gasteiger partial charge in [-0.3, -0.25) is 4.79 Å². The molecule has 1 N–H and O–H groups in total. The van der Waals surface area contributed by atoms with Gasteiger partial charge < -0.3 is 10.1 Å². The Kier molecular flexibility index (Phi) is 5.09. The van der Waals surface area contributed by atoms with E-state index < -0.39 is 0 Å². The summed E-state index contributed by atoms with van der Waals surface area (Å²) >= 11 is 1.32. The van der Waals surface area contributed by atoms with E-state index in [1.807, 2.05) is 30.5 Å². The van der Waals surface area contributed by atoms with Crippen molar-refractivity contribution in [2.45, 2.75) is 13.3 Å². The molecule has 1 heterocycles. The first-order valence-electron chi connectivity index (χ1n) is 7.70. The topological polar surface area (TPSA) is 51.2 Å². The van der Waals surface area contributed by atoms with Gasteiger partial charge in [0.15, 0.2) is 5.13 Å². The summed E-state index contributed by atoms with van der Waals surface area (Å²) in [5.74, 6) is 0.0318. The predicted molar refractivity (Wildman–Crippen MR) is 97.6 cm³/mol. The van der Waals surface area contributed by atoms with Gasteiger partial charge >= 0.3 is 0 Å². The lowest BCUT2D eigenvalue weighted by atomic mass is 10.1. The SMILES string of the molecule is COc1ccc(C)cc1-c1csc(NC(=O)Cc2ccccc2F)n1. The van der Waals surface area contributed by atoms with Crippen molar-refractivity contribution >= 4 is 22.4 Å². The Morgan fingerprint density at radius 3 is 2.84 bits per heavy atom. The second-order valence-electron chi connectivity index (χ2n) is 5.56. The zero-order valence-corrected chi connectivity index (χ0v) is 14.7. The van der Waals surface area contributed by atoms with Crippen molar-refractivity contribution in [3.63, 3.8) is 0 Å². The smallest absolute Gasteiger partial charge is 0.230 e. The van der Waals surface area contributed by atoms with Crippen LogP contribution in [0.3, 0.4) is 0 Å². The fourth-order valence-corrected chi connectivity index (χ4v) is 3.18. The number of aromatic nitrogens is 1. The summed E-state index contributed by atoms with van der Waals surface area (Å²) in [5, 5.41) is 5.05. The number of halogens is 1. The molecule has 0 radical (unpaired) electrons. The van der Waals surface area contributed by atoms with Crippen LogP contribution in [0.5, 0.6) is 5.75 Å². The van der Waals surface area contributed by atoms with E-state index in [0.717, 1.165) is 22.6 Å². The highest BCUT2D eigenvalue weighted by molar-refractivity contribution is 7.14. The molecule has 0 atom stereocenters. The van der Waals surface area contributed by atoms with Gasteiger partial charge in [0.2, 0.25) is 5.91 Å². The summed E-state index contributed by atoms with van der Waals surface area (Å²) in [6.07, 6.45) is -0.0324. The first-order chi connectivity index (χ1) is 12.1. The predicted octanol–water partition coefficient (Wildman–Crippen LogP) is 4.45. The van der Waals surface area contributed by atoms with Gasteiger partial charge in [0.05, 0.1) is 19.2 Å². The summed E-state index contributed by atoms with van der Waals surface area (Å²) in [5.41, 5.74) is 3.05. The quantitative estimate of drug-likeness (QED) is 0.735. The maximum atomic E-state index is 13.6. The Hall–Kier alpha value is -2.73. The normalized spacial score (nSPS) is 10.5. The Morgan fingerprint density at radius 1 is 1.28 bits per heavy atom. The van der Waals surface area contributed by atoms with E-state index in [4.69, 9.17) is 4.74 Å². The van der Waals surface area contributed by atoms with Crippen molar-refractivity contribution in [1.29, 1.82) is 0 Å². The van der Waals surface area contributed by atoms with E-state index in [9.17, 15) is 9.18 Å². The molecule has 0 aliphatic rings. The third-order valence-electron chi connectivity index (χ3n) is 3.69. The Balaban J connectivity index is 1.75. The van der Waals surface area contributed by atoms with Crippen molar-refractivity contribution in [1.82, 2.24) is 4.98 Å². The fraction of sp³-hybridized carbons (Fsp3) is 0.158. The number of hydrogen-bond donors (Lipinski definition) is 1. The monoisotopic (exact) mass is 356 g/mol. The lowest BCUT2D eigenvalue weighted by Gasteiger charge is -2.07. The van der Waals surface area contributed by atoms with Crippen molar-refractivity contribution in [2.24, 2.45) is 0 Å². The molecule has 0 fully saturated rings. The van der Waals surface area contributed by atoms with Gasteiger partial charge in [-0.15, -0.1) is 11.3 Å². The molecular weight excluding hydrogens is 339 g/mol. The fourth-order valence-electron chi connectivity index (χ4n) is 2.46. The van der Waals surface area contributed by atoms with Crippen LogP contribution in [-0.4, -0.2) is 18.0 Å². The van der Waals surface area contributed by atoms with E-state index in [1.165, 1.54) is 17.4 Å². The first-order valence-corrected chi connectivity index (χ1v) is 8.58. The number of hydrogen-bond acceptors (Lipinski definition) is 4. The van der Waals surface area contributed by atoms with Crippen LogP contribution in [0, 0.1) is 12.7 Å². The highest BCUT2D eigenvalue weighted by atomic mass is 32.1. The van der Waals surface area contributed by atoms with E-state index in [0.29, 0.717) is 10.7 Å². The van der Waals surface area contributed by atoms with E-state index in [-0.39, 0.29) is 18.1 Å². The number of rotatable bonds is 5. The molecule has 2 aromatic carbocycles. The van der Waals surface area contributed by atoms with Crippen LogP contribution in [0.15, 0.2) is 47.8 Å². The number of ether oxygens (including phenoxy) is 1. The van der Waals surface area contributed by atoms with Crippen LogP contribution in [0.2, 0.25) is 0 Å². The molecule has 6 heteroatoms. The molecule has 0 unspecified atom stereocenters. The zero-order valence-electron chi connectivity index (χ0n) is 13.9. The van der Waals surface area contributed by atoms with E-state index in [2.05, 4.69) is 10.3 Å². The molecule has 4 nitrogen and oxygen atoms in total. The molecule has 25 heavy (non-hydrogen) atoms. The van der Waals surface area contributed by atoms with E-state index in [1.54, 1.807) is 25.3 Å². The molecule has 0 spiro atoms. The largest absolute Gasteiger partial charge is 0.496 e. The second-order valence-corrected chi connectivity index (χ2v) is 6.42. The summed E-state index contributed by atoms with van der Waals surface area (Å²) in [6, 6.07) is 12.1. The molecule has 1 aromatic heterocycles. The number of thiazole rings is 1. The van der Waals surface area contributed by atoms with Gasteiger partial charge in [0.25, 0.3) is 0 Å². The highest BCUT2D eigenvalue weighted by Gasteiger charge is 2.13. The van der Waals surface area contributed by atoms with Crippen LogP contribution in [0.25, 0.3) is 11.3 Å². The maximum absolute atomic E-state index is 13.6. The average molecular weight is 356 g/mol. The van der Waals surface area contributed by atoms with Gasteiger partial charge in [-0.25, -0.2) is 9.37 Å². The van der Waals surface area contributed by atoms with Crippen molar-refractivity contribution < 1.29 is 13.9 Å². The number of carbonyl (C=O) groups excluding carboxylic acids is 1. The van der Waals surface area contributed by atoms with Crippen molar-refractivity contribution in [2.75, 3.05) is 12.4 Å². The van der Waals surface area contributed by atoms with Gasteiger partial charge in [-0.05, 0) is 30.7 Å². The highest BCUT2D eigenvalue weighted by Crippen LogP contribution is 2.33. The number of nitrogens with zero attached hydrogens (tertiary/aromatic N) is 1. The molecule has 3 rings (SSSR count). The molecule has 1 amide bonds. The number of aryl methyl sites for hydroxylation is 1. The average Bonchev–Trinajstić information content (AvgIpc) is 3.05. The summed E-state index contributed by atoms with van der Waals surface area (Å²) in [6.45, 7) is 1.99. The third kappa shape index (κ3) is 4.03. The lowest BCUT2D eigenvalue weighted by Crippen LogP contribution is -2.15. The molecule has 0 aliphatic heterocycles. The number of anilines is 1. The van der Waals surface area contributed by atoms with Crippen molar-refractivity contribution in [3.05, 3.63) is 64.8 Å². The minimum atomic E-state index is -0.387. The minimum Gasteiger partial charge on any atom is -0.496 e. The summed E-state index contributed by atoms with van der Waals surface area (Å²) in [7, 11) is 1.61. The summed E-state index contributed by atoms with van der Waals surface area (Å²) in [4.78, 5) is 16.6. The molecule has 0 saturated carbocycles. The van der Waals surface area contributed by atoms with Crippen LogP contribution in [0.1, 0.15) is 11.1 Å². The second kappa shape index (κ2) is 7.44. The van der Waals surface area contributed by atoms with Gasteiger partial charge in [-0.1, -0.05) is 29.8 Å². The Morgan fingerprint density at radius 2 is 2.08 bits per heavy atom. The summed E-state index contributed by atoms with van der Waals surface area (Å²) < 4.78 is 19.0. The minimum absolute atomic E-state index is 0.0324. The Bertz CT molecular complexity index is 908. The standard InChI is InChI=1S/C19H17FN2O2S/c1-12-7-8-17(24-2)14(9-12)16-11-25-19(21-16)22-18(23)10-13-5-3-4-6-15(13)20/h3-9,11H,10H2,1-2H3,(H,21,22,23). The number of nitrogens with one attached hydrogen (secondary N) is 1. The van der Waals surface area contributed by atoms with Gasteiger partial charge in [0.1, 0.15) is 11.6 Å². The molecule has 0 bridgehead atoms. The lowest BCUT2D eigenvalue weighted by molar-refractivity contribution is -0.115. The molecule has 0 saturated heterocycles. The number of methoxy groups -OCH3 is 1. The van der Waals surface area contributed by atoms with Crippen LogP contribution >= 0.6 is 11.3 Å².